The number of hydrogen-bond acceptors (Lipinski definition) is 3. The van der Waals surface area contributed by atoms with Crippen LogP contribution in [0.25, 0.3) is 0 Å². The quantitative estimate of drug-likeness (QED) is 0.908. The van der Waals surface area contributed by atoms with Crippen LogP contribution >= 0.6 is 0 Å². The molecule has 0 aliphatic carbocycles. The van der Waals surface area contributed by atoms with Crippen molar-refractivity contribution in [3.05, 3.63) is 64.7 Å². The molecule has 1 unspecified atom stereocenters. The molecule has 0 amide bonds. The molecule has 2 aromatic carbocycles. The number of rotatable bonds is 5. The van der Waals surface area contributed by atoms with Gasteiger partial charge in [0.15, 0.2) is 0 Å². The van der Waals surface area contributed by atoms with E-state index in [-0.39, 0.29) is 6.04 Å². The fraction of sp³-hybridized carbons (Fsp3) is 0.429. The number of nitrogens with zero attached hydrogens (tertiary/aromatic N) is 1. The summed E-state index contributed by atoms with van der Waals surface area (Å²) < 4.78 is 5.95. The number of benzene rings is 2. The van der Waals surface area contributed by atoms with Gasteiger partial charge >= 0.3 is 0 Å². The molecule has 0 spiro atoms. The third kappa shape index (κ3) is 3.80. The number of para-hydroxylation sites is 1. The molecular weight excluding hydrogens is 296 g/mol. The predicted octanol–water partition coefficient (Wildman–Crippen LogP) is 3.70. The number of ether oxygens (including phenoxy) is 1. The van der Waals surface area contributed by atoms with Gasteiger partial charge in [-0.25, -0.2) is 0 Å². The summed E-state index contributed by atoms with van der Waals surface area (Å²) in [6.45, 7) is 11.3. The second kappa shape index (κ2) is 7.82. The maximum atomic E-state index is 5.95. The van der Waals surface area contributed by atoms with E-state index in [4.69, 9.17) is 4.74 Å². The minimum atomic E-state index is 0.244. The van der Waals surface area contributed by atoms with Crippen molar-refractivity contribution in [1.29, 1.82) is 0 Å². The molecule has 1 N–H and O–H groups in total. The lowest BCUT2D eigenvalue weighted by Gasteiger charge is -2.36. The van der Waals surface area contributed by atoms with Crippen LogP contribution in [0.15, 0.2) is 42.5 Å². The largest absolute Gasteiger partial charge is 0.494 e. The summed E-state index contributed by atoms with van der Waals surface area (Å²) >= 11 is 0. The molecule has 3 rings (SSSR count). The van der Waals surface area contributed by atoms with Crippen LogP contribution in [0.1, 0.15) is 35.2 Å². The van der Waals surface area contributed by atoms with Crippen LogP contribution in [0.4, 0.5) is 0 Å². The number of aryl methyl sites for hydroxylation is 2. The highest BCUT2D eigenvalue weighted by atomic mass is 16.5. The first-order chi connectivity index (χ1) is 11.7. The highest BCUT2D eigenvalue weighted by Crippen LogP contribution is 2.35. The summed E-state index contributed by atoms with van der Waals surface area (Å²) in [5.74, 6) is 1.00. The summed E-state index contributed by atoms with van der Waals surface area (Å²) in [6.07, 6.45) is 0. The predicted molar refractivity (Wildman–Crippen MR) is 99.8 cm³/mol. The molecule has 3 heteroatoms. The van der Waals surface area contributed by atoms with Crippen LogP contribution in [-0.4, -0.2) is 37.7 Å². The standard InChI is InChI=1S/C21H28N2O/c1-4-24-20-8-6-5-7-19(20)21(23-11-9-22-10-12-23)18-14-16(2)13-17(3)15-18/h5-8,13-15,21-22H,4,9-12H2,1-3H3. The summed E-state index contributed by atoms with van der Waals surface area (Å²) in [7, 11) is 0. The van der Waals surface area contributed by atoms with Gasteiger partial charge in [0.05, 0.1) is 12.6 Å². The van der Waals surface area contributed by atoms with Crippen LogP contribution in [0, 0.1) is 13.8 Å². The van der Waals surface area contributed by atoms with E-state index in [1.54, 1.807) is 0 Å². The second-order valence-corrected chi connectivity index (χ2v) is 6.58. The van der Waals surface area contributed by atoms with Gasteiger partial charge in [0.1, 0.15) is 5.75 Å². The summed E-state index contributed by atoms with van der Waals surface area (Å²) in [4.78, 5) is 2.57. The molecule has 0 saturated carbocycles. The summed E-state index contributed by atoms with van der Waals surface area (Å²) in [5, 5.41) is 3.46. The van der Waals surface area contributed by atoms with E-state index < -0.39 is 0 Å². The van der Waals surface area contributed by atoms with E-state index in [0.29, 0.717) is 6.61 Å². The van der Waals surface area contributed by atoms with E-state index in [9.17, 15) is 0 Å². The monoisotopic (exact) mass is 324 g/mol. The van der Waals surface area contributed by atoms with Gasteiger partial charge < -0.3 is 10.1 Å². The highest BCUT2D eigenvalue weighted by molar-refractivity contribution is 5.43. The molecular formula is C21H28N2O. The van der Waals surface area contributed by atoms with Gasteiger partial charge in [0.25, 0.3) is 0 Å². The Morgan fingerprint density at radius 3 is 2.38 bits per heavy atom. The van der Waals surface area contributed by atoms with Crippen LogP contribution in [0.2, 0.25) is 0 Å². The molecule has 24 heavy (non-hydrogen) atoms. The maximum Gasteiger partial charge on any atom is 0.124 e. The Morgan fingerprint density at radius 1 is 1.04 bits per heavy atom. The molecule has 1 atom stereocenters. The molecule has 0 bridgehead atoms. The Labute approximate surface area is 145 Å². The third-order valence-corrected chi connectivity index (χ3v) is 4.59. The first-order valence-electron chi connectivity index (χ1n) is 8.93. The van der Waals surface area contributed by atoms with Crippen molar-refractivity contribution >= 4 is 0 Å². The van der Waals surface area contributed by atoms with Crippen LogP contribution < -0.4 is 10.1 Å². The van der Waals surface area contributed by atoms with E-state index in [0.717, 1.165) is 31.9 Å². The van der Waals surface area contributed by atoms with Gasteiger partial charge in [-0.3, -0.25) is 4.90 Å². The zero-order chi connectivity index (χ0) is 16.9. The van der Waals surface area contributed by atoms with E-state index in [1.807, 2.05) is 6.92 Å². The number of piperazine rings is 1. The SMILES string of the molecule is CCOc1ccccc1C(c1cc(C)cc(C)c1)N1CCNCC1. The fourth-order valence-electron chi connectivity index (χ4n) is 3.69. The summed E-state index contributed by atoms with van der Waals surface area (Å²) in [5.41, 5.74) is 5.27. The van der Waals surface area contributed by atoms with Crippen molar-refractivity contribution in [2.45, 2.75) is 26.8 Å². The lowest BCUT2D eigenvalue weighted by molar-refractivity contribution is 0.194. The topological polar surface area (TPSA) is 24.5 Å². The zero-order valence-corrected chi connectivity index (χ0v) is 15.0. The summed E-state index contributed by atoms with van der Waals surface area (Å²) in [6, 6.07) is 15.6. The molecule has 1 saturated heterocycles. The van der Waals surface area contributed by atoms with Gasteiger partial charge in [0.2, 0.25) is 0 Å². The number of nitrogens with one attached hydrogen (secondary N) is 1. The van der Waals surface area contributed by atoms with E-state index in [2.05, 4.69) is 66.5 Å². The Kier molecular flexibility index (Phi) is 5.54. The first kappa shape index (κ1) is 17.0. The molecule has 1 aliphatic heterocycles. The van der Waals surface area contributed by atoms with Crippen molar-refractivity contribution < 1.29 is 4.74 Å². The Balaban J connectivity index is 2.08. The van der Waals surface area contributed by atoms with Gasteiger partial charge in [-0.05, 0) is 32.4 Å². The molecule has 0 aromatic heterocycles. The lowest BCUT2D eigenvalue weighted by Crippen LogP contribution is -2.45. The molecule has 3 nitrogen and oxygen atoms in total. The average molecular weight is 324 g/mol. The highest BCUT2D eigenvalue weighted by Gasteiger charge is 2.26. The minimum Gasteiger partial charge on any atom is -0.494 e. The van der Waals surface area contributed by atoms with Crippen molar-refractivity contribution in [3.8, 4) is 5.75 Å². The van der Waals surface area contributed by atoms with Crippen molar-refractivity contribution in [2.24, 2.45) is 0 Å². The normalized spacial score (nSPS) is 16.8. The lowest BCUT2D eigenvalue weighted by atomic mass is 9.93. The second-order valence-electron chi connectivity index (χ2n) is 6.58. The van der Waals surface area contributed by atoms with Crippen LogP contribution in [0.3, 0.4) is 0 Å². The van der Waals surface area contributed by atoms with Crippen molar-refractivity contribution in [3.63, 3.8) is 0 Å². The molecule has 0 radical (unpaired) electrons. The smallest absolute Gasteiger partial charge is 0.124 e. The molecule has 2 aromatic rings. The Hall–Kier alpha value is -1.84. The minimum absolute atomic E-state index is 0.244. The zero-order valence-electron chi connectivity index (χ0n) is 15.0. The third-order valence-electron chi connectivity index (χ3n) is 4.59. The van der Waals surface area contributed by atoms with Crippen LogP contribution in [0.5, 0.6) is 5.75 Å². The van der Waals surface area contributed by atoms with Crippen molar-refractivity contribution in [1.82, 2.24) is 10.2 Å². The van der Waals surface area contributed by atoms with Gasteiger partial charge in [-0.2, -0.15) is 0 Å². The molecule has 1 fully saturated rings. The van der Waals surface area contributed by atoms with Gasteiger partial charge in [0, 0.05) is 31.7 Å². The van der Waals surface area contributed by atoms with E-state index in [1.165, 1.54) is 22.3 Å². The molecule has 128 valence electrons. The maximum absolute atomic E-state index is 5.95. The Bertz CT molecular complexity index is 657. The average Bonchev–Trinajstić information content (AvgIpc) is 2.57. The Morgan fingerprint density at radius 2 is 1.71 bits per heavy atom. The first-order valence-corrected chi connectivity index (χ1v) is 8.93. The van der Waals surface area contributed by atoms with E-state index >= 15 is 0 Å². The fourth-order valence-corrected chi connectivity index (χ4v) is 3.69. The number of hydrogen-bond donors (Lipinski definition) is 1. The molecule has 1 aliphatic rings. The molecule has 1 heterocycles. The van der Waals surface area contributed by atoms with Crippen molar-refractivity contribution in [2.75, 3.05) is 32.8 Å². The van der Waals surface area contributed by atoms with Gasteiger partial charge in [-0.1, -0.05) is 47.5 Å². The van der Waals surface area contributed by atoms with Gasteiger partial charge in [-0.15, -0.1) is 0 Å². The van der Waals surface area contributed by atoms with Crippen LogP contribution in [-0.2, 0) is 0 Å².